The summed E-state index contributed by atoms with van der Waals surface area (Å²) >= 11 is 0. The van der Waals surface area contributed by atoms with Crippen LogP contribution in [0.5, 0.6) is 0 Å². The van der Waals surface area contributed by atoms with Gasteiger partial charge in [-0.15, -0.1) is 10.2 Å². The van der Waals surface area contributed by atoms with Gasteiger partial charge < -0.3 is 19.9 Å². The molecule has 1 heterocycles. The molecule has 1 aromatic heterocycles. The molecule has 0 saturated heterocycles. The van der Waals surface area contributed by atoms with Gasteiger partial charge in [-0.2, -0.15) is 0 Å². The first-order valence-electron chi connectivity index (χ1n) is 8.52. The number of aryl methyl sites for hydroxylation is 2. The first-order valence-corrected chi connectivity index (χ1v) is 8.52. The van der Waals surface area contributed by atoms with E-state index in [1.165, 1.54) is 0 Å². The second-order valence-electron chi connectivity index (χ2n) is 6.06. The van der Waals surface area contributed by atoms with Crippen LogP contribution in [0.15, 0.2) is 30.6 Å². The Balaban J connectivity index is 1.86. The first kappa shape index (κ1) is 19.6. The van der Waals surface area contributed by atoms with E-state index in [0.29, 0.717) is 24.7 Å². The van der Waals surface area contributed by atoms with E-state index in [-0.39, 0.29) is 24.3 Å². The van der Waals surface area contributed by atoms with Crippen LogP contribution in [0, 0.1) is 6.92 Å². The molecular weight excluding hydrogens is 334 g/mol. The highest BCUT2D eigenvalue weighted by atomic mass is 16.5. The lowest BCUT2D eigenvalue weighted by atomic mass is 10.2. The Morgan fingerprint density at radius 3 is 2.77 bits per heavy atom. The van der Waals surface area contributed by atoms with Gasteiger partial charge >= 0.3 is 0 Å². The normalized spacial score (nSPS) is 11.8. The van der Waals surface area contributed by atoms with Gasteiger partial charge in [0.1, 0.15) is 12.7 Å². The number of ether oxygens (including phenoxy) is 1. The number of nitrogens with zero attached hydrogens (tertiary/aromatic N) is 3. The zero-order valence-electron chi connectivity index (χ0n) is 15.4. The SMILES string of the molecule is COCCCn1cnnc1[C@H](C)NC(=O)CC(=O)Nc1ccccc1C. The molecule has 8 heteroatoms. The van der Waals surface area contributed by atoms with Crippen LogP contribution in [-0.4, -0.2) is 40.3 Å². The third-order valence-electron chi connectivity index (χ3n) is 3.90. The largest absolute Gasteiger partial charge is 0.385 e. The number of para-hydroxylation sites is 1. The van der Waals surface area contributed by atoms with Crippen LogP contribution in [0.2, 0.25) is 0 Å². The van der Waals surface area contributed by atoms with Crippen LogP contribution in [-0.2, 0) is 20.9 Å². The summed E-state index contributed by atoms with van der Waals surface area (Å²) in [5.41, 5.74) is 1.65. The molecule has 2 amide bonds. The van der Waals surface area contributed by atoms with Crippen LogP contribution in [0.3, 0.4) is 0 Å². The lowest BCUT2D eigenvalue weighted by molar-refractivity contribution is -0.127. The number of carbonyl (C=O) groups is 2. The van der Waals surface area contributed by atoms with Gasteiger partial charge in [0.05, 0.1) is 6.04 Å². The Morgan fingerprint density at radius 2 is 2.04 bits per heavy atom. The van der Waals surface area contributed by atoms with Crippen molar-refractivity contribution in [1.82, 2.24) is 20.1 Å². The molecule has 0 aliphatic carbocycles. The highest BCUT2D eigenvalue weighted by Crippen LogP contribution is 2.14. The van der Waals surface area contributed by atoms with Crippen molar-refractivity contribution < 1.29 is 14.3 Å². The monoisotopic (exact) mass is 359 g/mol. The Bertz CT molecular complexity index is 744. The minimum absolute atomic E-state index is 0.253. The molecule has 2 rings (SSSR count). The molecule has 140 valence electrons. The van der Waals surface area contributed by atoms with Crippen LogP contribution >= 0.6 is 0 Å². The van der Waals surface area contributed by atoms with Gasteiger partial charge in [-0.3, -0.25) is 9.59 Å². The number of methoxy groups -OCH3 is 1. The average molecular weight is 359 g/mol. The van der Waals surface area contributed by atoms with E-state index in [9.17, 15) is 9.59 Å². The summed E-state index contributed by atoms with van der Waals surface area (Å²) in [5, 5.41) is 13.5. The van der Waals surface area contributed by atoms with Crippen LogP contribution in [0.4, 0.5) is 5.69 Å². The third-order valence-corrected chi connectivity index (χ3v) is 3.90. The molecule has 0 aliphatic heterocycles. The summed E-state index contributed by atoms with van der Waals surface area (Å²) in [7, 11) is 1.65. The Morgan fingerprint density at radius 1 is 1.27 bits per heavy atom. The molecule has 0 aliphatic rings. The predicted octanol–water partition coefficient (Wildman–Crippen LogP) is 1.83. The number of anilines is 1. The standard InChI is InChI=1S/C18H25N5O3/c1-13-7-4-5-8-15(13)21-17(25)11-16(24)20-14(2)18-22-19-12-23(18)9-6-10-26-3/h4-5,7-8,12,14H,6,9-11H2,1-3H3,(H,20,24)(H,21,25)/t14-/m0/s1. The highest BCUT2D eigenvalue weighted by Gasteiger charge is 2.17. The molecule has 2 N–H and O–H groups in total. The van der Waals surface area contributed by atoms with Crippen molar-refractivity contribution in [3.05, 3.63) is 42.0 Å². The molecule has 0 fully saturated rings. The van der Waals surface area contributed by atoms with Crippen LogP contribution in [0.25, 0.3) is 0 Å². The summed E-state index contributed by atoms with van der Waals surface area (Å²) in [5.74, 6) is -0.0747. The van der Waals surface area contributed by atoms with E-state index in [1.54, 1.807) is 19.5 Å². The Kier molecular flexibility index (Phi) is 7.28. The molecule has 2 aromatic rings. The maximum Gasteiger partial charge on any atom is 0.233 e. The summed E-state index contributed by atoms with van der Waals surface area (Å²) in [4.78, 5) is 24.2. The van der Waals surface area contributed by atoms with Gasteiger partial charge in [0, 0.05) is 25.9 Å². The molecular formula is C18H25N5O3. The van der Waals surface area contributed by atoms with E-state index in [4.69, 9.17) is 4.74 Å². The smallest absolute Gasteiger partial charge is 0.233 e. The highest BCUT2D eigenvalue weighted by molar-refractivity contribution is 6.03. The van der Waals surface area contributed by atoms with Gasteiger partial charge in [-0.05, 0) is 31.9 Å². The van der Waals surface area contributed by atoms with Crippen molar-refractivity contribution in [3.8, 4) is 0 Å². The van der Waals surface area contributed by atoms with Crippen molar-refractivity contribution in [3.63, 3.8) is 0 Å². The molecule has 26 heavy (non-hydrogen) atoms. The molecule has 0 saturated carbocycles. The fourth-order valence-electron chi connectivity index (χ4n) is 2.56. The van der Waals surface area contributed by atoms with Crippen LogP contribution in [0.1, 0.15) is 37.2 Å². The van der Waals surface area contributed by atoms with Crippen molar-refractivity contribution in [2.24, 2.45) is 0 Å². The number of benzene rings is 1. The predicted molar refractivity (Wildman–Crippen MR) is 97.5 cm³/mol. The quantitative estimate of drug-likeness (QED) is 0.526. The van der Waals surface area contributed by atoms with E-state index < -0.39 is 0 Å². The third kappa shape index (κ3) is 5.66. The van der Waals surface area contributed by atoms with Gasteiger partial charge in [0.2, 0.25) is 11.8 Å². The van der Waals surface area contributed by atoms with Gasteiger partial charge in [-0.1, -0.05) is 18.2 Å². The summed E-state index contributed by atoms with van der Waals surface area (Å²) in [6, 6.07) is 7.08. The van der Waals surface area contributed by atoms with Gasteiger partial charge in [-0.25, -0.2) is 0 Å². The number of amides is 2. The zero-order valence-corrected chi connectivity index (χ0v) is 15.4. The van der Waals surface area contributed by atoms with E-state index >= 15 is 0 Å². The van der Waals surface area contributed by atoms with Crippen molar-refractivity contribution in [1.29, 1.82) is 0 Å². The molecule has 0 spiro atoms. The fraction of sp³-hybridized carbons (Fsp3) is 0.444. The number of nitrogens with one attached hydrogen (secondary N) is 2. The second kappa shape index (κ2) is 9.67. The van der Waals surface area contributed by atoms with E-state index in [0.717, 1.165) is 12.0 Å². The lowest BCUT2D eigenvalue weighted by Gasteiger charge is -2.15. The minimum atomic E-state index is -0.366. The number of hydrogen-bond donors (Lipinski definition) is 2. The van der Waals surface area contributed by atoms with Crippen LogP contribution < -0.4 is 10.6 Å². The number of hydrogen-bond acceptors (Lipinski definition) is 5. The number of aromatic nitrogens is 3. The molecule has 0 bridgehead atoms. The van der Waals surface area contributed by atoms with Gasteiger partial charge in [0.15, 0.2) is 5.82 Å². The topological polar surface area (TPSA) is 98.1 Å². The van der Waals surface area contributed by atoms with Crippen molar-refractivity contribution in [2.45, 2.75) is 39.3 Å². The number of rotatable bonds is 9. The maximum atomic E-state index is 12.2. The second-order valence-corrected chi connectivity index (χ2v) is 6.06. The molecule has 0 unspecified atom stereocenters. The molecule has 8 nitrogen and oxygen atoms in total. The molecule has 1 atom stereocenters. The number of carbonyl (C=O) groups excluding carboxylic acids is 2. The van der Waals surface area contributed by atoms with Crippen molar-refractivity contribution in [2.75, 3.05) is 19.0 Å². The molecule has 1 aromatic carbocycles. The fourth-order valence-corrected chi connectivity index (χ4v) is 2.56. The Hall–Kier alpha value is -2.74. The minimum Gasteiger partial charge on any atom is -0.385 e. The van der Waals surface area contributed by atoms with Crippen molar-refractivity contribution >= 4 is 17.5 Å². The lowest BCUT2D eigenvalue weighted by Crippen LogP contribution is -2.31. The maximum absolute atomic E-state index is 12.2. The Labute approximate surface area is 153 Å². The summed E-state index contributed by atoms with van der Waals surface area (Å²) in [6.07, 6.45) is 2.19. The molecule has 0 radical (unpaired) electrons. The van der Waals surface area contributed by atoms with E-state index in [1.807, 2.05) is 36.6 Å². The zero-order chi connectivity index (χ0) is 18.9. The van der Waals surface area contributed by atoms with E-state index in [2.05, 4.69) is 20.8 Å². The average Bonchev–Trinajstić information content (AvgIpc) is 3.05. The summed E-state index contributed by atoms with van der Waals surface area (Å²) < 4.78 is 6.91. The summed E-state index contributed by atoms with van der Waals surface area (Å²) in [6.45, 7) is 5.05. The van der Waals surface area contributed by atoms with Gasteiger partial charge in [0.25, 0.3) is 0 Å². The first-order chi connectivity index (χ1) is 12.5.